The number of nitrogens with one attached hydrogen (secondary N) is 2. The molecule has 0 saturated carbocycles. The second kappa shape index (κ2) is 9.48. The summed E-state index contributed by atoms with van der Waals surface area (Å²) in [5.74, 6) is -2.49. The molecule has 9 heteroatoms. The highest BCUT2D eigenvalue weighted by Gasteiger charge is 2.77. The number of rotatable bonds is 7. The third-order valence-electron chi connectivity index (χ3n) is 7.40. The molecule has 1 aromatic carbocycles. The van der Waals surface area contributed by atoms with Gasteiger partial charge in [-0.05, 0) is 38.7 Å². The number of aliphatic hydroxyl groups excluding tert-OH is 1. The Bertz CT molecular complexity index is 981. The zero-order valence-corrected chi connectivity index (χ0v) is 22.5. The van der Waals surface area contributed by atoms with E-state index in [2.05, 4.69) is 26.6 Å². The molecule has 8 nitrogen and oxygen atoms in total. The number of carbonyl (C=O) groups excluding carboxylic acids is 3. The molecule has 1 spiro atoms. The van der Waals surface area contributed by atoms with Crippen LogP contribution in [0.3, 0.4) is 0 Å². The number of amides is 3. The molecular weight excluding hydrogens is 514 g/mol. The molecule has 192 valence electrons. The van der Waals surface area contributed by atoms with Crippen molar-refractivity contribution in [1.29, 1.82) is 0 Å². The van der Waals surface area contributed by atoms with E-state index >= 15 is 0 Å². The Labute approximate surface area is 215 Å². The molecule has 3 heterocycles. The highest BCUT2D eigenvalue weighted by Crippen LogP contribution is 2.60. The SMILES string of the molecule is CC(C)[C@H](CO)N1C(=O)[C@@H]2[C@H](C(=O)NCc3ccccc3)[C@H]3OC2(CC3Br)C1C(=O)NC(C)(C)C. The zero-order valence-electron chi connectivity index (χ0n) is 21.0. The third-order valence-corrected chi connectivity index (χ3v) is 8.24. The average molecular weight is 550 g/mol. The van der Waals surface area contributed by atoms with Gasteiger partial charge in [0.1, 0.15) is 11.6 Å². The fraction of sp³-hybridized carbons (Fsp3) is 0.654. The molecule has 0 aliphatic carbocycles. The normalized spacial score (nSPS) is 32.6. The van der Waals surface area contributed by atoms with Gasteiger partial charge in [-0.2, -0.15) is 0 Å². The largest absolute Gasteiger partial charge is 0.394 e. The van der Waals surface area contributed by atoms with E-state index in [9.17, 15) is 19.5 Å². The number of aliphatic hydroxyl groups is 1. The molecule has 1 aromatic rings. The lowest BCUT2D eigenvalue weighted by molar-refractivity contribution is -0.147. The Morgan fingerprint density at radius 2 is 1.89 bits per heavy atom. The van der Waals surface area contributed by atoms with Crippen LogP contribution in [0.4, 0.5) is 0 Å². The van der Waals surface area contributed by atoms with Gasteiger partial charge < -0.3 is 25.4 Å². The molecule has 0 radical (unpaired) electrons. The van der Waals surface area contributed by atoms with Crippen LogP contribution in [0, 0.1) is 17.8 Å². The van der Waals surface area contributed by atoms with Gasteiger partial charge in [0.05, 0.1) is 30.6 Å². The molecule has 3 aliphatic rings. The molecule has 3 saturated heterocycles. The topological polar surface area (TPSA) is 108 Å². The second-order valence-electron chi connectivity index (χ2n) is 11.3. The first-order valence-electron chi connectivity index (χ1n) is 12.3. The van der Waals surface area contributed by atoms with Gasteiger partial charge in [0.15, 0.2) is 0 Å². The maximum atomic E-state index is 14.0. The molecule has 3 amide bonds. The first-order valence-corrected chi connectivity index (χ1v) is 13.2. The van der Waals surface area contributed by atoms with Gasteiger partial charge in [-0.15, -0.1) is 0 Å². The van der Waals surface area contributed by atoms with Crippen molar-refractivity contribution >= 4 is 33.7 Å². The molecule has 3 N–H and O–H groups in total. The number of halogens is 1. The number of ether oxygens (including phenoxy) is 1. The van der Waals surface area contributed by atoms with E-state index in [1.54, 1.807) is 0 Å². The van der Waals surface area contributed by atoms with Crippen LogP contribution in [0.1, 0.15) is 46.6 Å². The van der Waals surface area contributed by atoms with Gasteiger partial charge in [-0.3, -0.25) is 14.4 Å². The number of benzene rings is 1. The second-order valence-corrected chi connectivity index (χ2v) is 12.5. The smallest absolute Gasteiger partial charge is 0.246 e. The molecule has 7 atom stereocenters. The summed E-state index contributed by atoms with van der Waals surface area (Å²) in [5, 5.41) is 16.2. The summed E-state index contributed by atoms with van der Waals surface area (Å²) in [4.78, 5) is 42.5. The summed E-state index contributed by atoms with van der Waals surface area (Å²) in [5.41, 5.74) is -0.705. The minimum Gasteiger partial charge on any atom is -0.394 e. The van der Waals surface area contributed by atoms with Crippen molar-refractivity contribution in [3.63, 3.8) is 0 Å². The third kappa shape index (κ3) is 4.51. The fourth-order valence-corrected chi connectivity index (χ4v) is 6.93. The Hall–Kier alpha value is -1.97. The van der Waals surface area contributed by atoms with Gasteiger partial charge in [-0.1, -0.05) is 60.1 Å². The highest BCUT2D eigenvalue weighted by molar-refractivity contribution is 9.09. The summed E-state index contributed by atoms with van der Waals surface area (Å²) in [6, 6.07) is 8.08. The first-order chi connectivity index (χ1) is 16.4. The van der Waals surface area contributed by atoms with E-state index in [1.807, 2.05) is 65.0 Å². The van der Waals surface area contributed by atoms with Crippen molar-refractivity contribution in [1.82, 2.24) is 15.5 Å². The molecule has 3 fully saturated rings. The number of likely N-dealkylation sites (tertiary alicyclic amines) is 1. The molecule has 3 aliphatic heterocycles. The van der Waals surface area contributed by atoms with Crippen molar-refractivity contribution in [2.24, 2.45) is 17.8 Å². The van der Waals surface area contributed by atoms with Crippen molar-refractivity contribution in [2.75, 3.05) is 6.61 Å². The zero-order chi connectivity index (χ0) is 25.7. The summed E-state index contributed by atoms with van der Waals surface area (Å²) in [6.45, 7) is 9.53. The number of alkyl halides is 1. The van der Waals surface area contributed by atoms with Gasteiger partial charge in [-0.25, -0.2) is 0 Å². The van der Waals surface area contributed by atoms with Crippen molar-refractivity contribution in [3.8, 4) is 0 Å². The molecule has 2 bridgehead atoms. The van der Waals surface area contributed by atoms with Crippen molar-refractivity contribution in [2.45, 2.75) is 81.7 Å². The van der Waals surface area contributed by atoms with E-state index in [-0.39, 0.29) is 35.1 Å². The maximum absolute atomic E-state index is 14.0. The number of hydrogen-bond donors (Lipinski definition) is 3. The molecule has 35 heavy (non-hydrogen) atoms. The Balaban J connectivity index is 1.70. The van der Waals surface area contributed by atoms with Crippen LogP contribution in [-0.4, -0.2) is 68.5 Å². The lowest BCUT2D eigenvalue weighted by Crippen LogP contribution is -2.61. The van der Waals surface area contributed by atoms with E-state index in [0.717, 1.165) is 5.56 Å². The van der Waals surface area contributed by atoms with Crippen LogP contribution in [0.2, 0.25) is 0 Å². The molecule has 4 rings (SSSR count). The van der Waals surface area contributed by atoms with Gasteiger partial charge in [0.25, 0.3) is 0 Å². The monoisotopic (exact) mass is 549 g/mol. The van der Waals surface area contributed by atoms with Gasteiger partial charge >= 0.3 is 0 Å². The van der Waals surface area contributed by atoms with Crippen LogP contribution in [-0.2, 0) is 25.7 Å². The number of nitrogens with zero attached hydrogens (tertiary/aromatic N) is 1. The summed E-state index contributed by atoms with van der Waals surface area (Å²) in [7, 11) is 0. The van der Waals surface area contributed by atoms with E-state index < -0.39 is 41.2 Å². The highest BCUT2D eigenvalue weighted by atomic mass is 79.9. The van der Waals surface area contributed by atoms with Crippen LogP contribution < -0.4 is 10.6 Å². The van der Waals surface area contributed by atoms with Crippen LogP contribution in [0.15, 0.2) is 30.3 Å². The van der Waals surface area contributed by atoms with Gasteiger partial charge in [0.2, 0.25) is 17.7 Å². The molecular formula is C26H36BrN3O5. The Morgan fingerprint density at radius 1 is 1.23 bits per heavy atom. The lowest BCUT2D eigenvalue weighted by Gasteiger charge is -2.39. The van der Waals surface area contributed by atoms with Crippen molar-refractivity contribution < 1.29 is 24.2 Å². The predicted octanol–water partition coefficient (Wildman–Crippen LogP) is 1.98. The predicted molar refractivity (Wildman–Crippen MR) is 134 cm³/mol. The minimum atomic E-state index is -1.14. The van der Waals surface area contributed by atoms with Gasteiger partial charge in [0, 0.05) is 16.9 Å². The van der Waals surface area contributed by atoms with E-state index in [1.165, 1.54) is 4.90 Å². The number of carbonyl (C=O) groups is 3. The Morgan fingerprint density at radius 3 is 2.46 bits per heavy atom. The fourth-order valence-electron chi connectivity index (χ4n) is 5.98. The molecule has 3 unspecified atom stereocenters. The van der Waals surface area contributed by atoms with E-state index in [4.69, 9.17) is 4.74 Å². The summed E-state index contributed by atoms with van der Waals surface area (Å²) >= 11 is 3.68. The number of fused-ring (bicyclic) bond motifs is 1. The van der Waals surface area contributed by atoms with Crippen LogP contribution in [0.25, 0.3) is 0 Å². The van der Waals surface area contributed by atoms with Crippen LogP contribution in [0.5, 0.6) is 0 Å². The average Bonchev–Trinajstić information content (AvgIpc) is 3.36. The minimum absolute atomic E-state index is 0.0913. The maximum Gasteiger partial charge on any atom is 0.246 e. The number of hydrogen-bond acceptors (Lipinski definition) is 5. The van der Waals surface area contributed by atoms with E-state index in [0.29, 0.717) is 13.0 Å². The van der Waals surface area contributed by atoms with Crippen LogP contribution >= 0.6 is 15.9 Å². The quantitative estimate of drug-likeness (QED) is 0.451. The summed E-state index contributed by atoms with van der Waals surface area (Å²) in [6.07, 6.45) is -0.0793. The molecule has 0 aromatic heterocycles. The van der Waals surface area contributed by atoms with Crippen molar-refractivity contribution in [3.05, 3.63) is 35.9 Å². The summed E-state index contributed by atoms with van der Waals surface area (Å²) < 4.78 is 6.49. The lowest BCUT2D eigenvalue weighted by atomic mass is 9.70. The standard InChI is InChI=1S/C26H36BrN3O5/c1-14(2)17(13-31)30-21(23(33)29-25(3,4)5)26-11-16(27)20(35-26)18(19(26)24(30)34)22(32)28-12-15-9-7-6-8-10-15/h6-10,14,16-21,31H,11-13H2,1-5H3,(H,28,32)(H,29,33)/t16?,17-,18-,19-,20-,21?,26?/m0/s1. The Kier molecular flexibility index (Phi) is 7.07. The first kappa shape index (κ1) is 26.1.